The van der Waals surface area contributed by atoms with E-state index in [-0.39, 0.29) is 5.56 Å². The minimum Gasteiger partial charge on any atom is -0.339 e. The predicted octanol–water partition coefficient (Wildman–Crippen LogP) is 3.77. The zero-order valence-corrected chi connectivity index (χ0v) is 12.5. The Labute approximate surface area is 126 Å². The quantitative estimate of drug-likeness (QED) is 0.476. The molecule has 1 aromatic carbocycles. The summed E-state index contributed by atoms with van der Waals surface area (Å²) in [5, 5.41) is 3.22. The van der Waals surface area contributed by atoms with Crippen LogP contribution in [0.3, 0.4) is 0 Å². The van der Waals surface area contributed by atoms with Gasteiger partial charge in [0.25, 0.3) is 5.56 Å². The molecule has 0 saturated heterocycles. The first-order valence-corrected chi connectivity index (χ1v) is 7.13. The number of H-pyrrole nitrogens is 2. The first kappa shape index (κ1) is 12.5. The number of aryl methyl sites for hydroxylation is 1. The van der Waals surface area contributed by atoms with Gasteiger partial charge in [-0.2, -0.15) is 4.39 Å². The fourth-order valence-corrected chi connectivity index (χ4v) is 2.98. The van der Waals surface area contributed by atoms with E-state index in [0.29, 0.717) is 15.5 Å². The Morgan fingerprint density at radius 2 is 1.95 bits per heavy atom. The molecule has 3 heterocycles. The molecule has 0 amide bonds. The minimum absolute atomic E-state index is 0.142. The fourth-order valence-electron chi connectivity index (χ4n) is 2.66. The standard InChI is InChI=1S/C15H9BrFN3O/c1-6-5-18-15(21)10-4-12-8(2-7(6)10)9-3-11(16)13(17)20-14(9)19-12/h2-5H,1H3,(H,18,21)(H,19,20). The second-order valence-electron chi connectivity index (χ2n) is 5.03. The number of nitrogens with zero attached hydrogens (tertiary/aromatic N) is 1. The molecule has 0 unspecified atom stereocenters. The van der Waals surface area contributed by atoms with Crippen LogP contribution in [0, 0.1) is 12.9 Å². The number of halogens is 2. The third-order valence-corrected chi connectivity index (χ3v) is 4.28. The lowest BCUT2D eigenvalue weighted by Gasteiger charge is -2.01. The number of rotatable bonds is 0. The largest absolute Gasteiger partial charge is 0.339 e. The zero-order chi connectivity index (χ0) is 14.7. The Morgan fingerprint density at radius 3 is 2.76 bits per heavy atom. The molecule has 0 aliphatic carbocycles. The third kappa shape index (κ3) is 1.72. The predicted molar refractivity (Wildman–Crippen MR) is 84.1 cm³/mol. The molecule has 2 N–H and O–H groups in total. The first-order chi connectivity index (χ1) is 10.0. The number of fused-ring (bicyclic) bond motifs is 4. The van der Waals surface area contributed by atoms with Crippen molar-refractivity contribution in [1.29, 1.82) is 0 Å². The van der Waals surface area contributed by atoms with Gasteiger partial charge in [-0.15, -0.1) is 0 Å². The molecule has 3 aromatic heterocycles. The van der Waals surface area contributed by atoms with Gasteiger partial charge in [0, 0.05) is 27.9 Å². The van der Waals surface area contributed by atoms with Crippen LogP contribution in [-0.2, 0) is 0 Å². The van der Waals surface area contributed by atoms with E-state index in [1.807, 2.05) is 13.0 Å². The number of nitrogens with one attached hydrogen (secondary N) is 2. The third-order valence-electron chi connectivity index (χ3n) is 3.72. The van der Waals surface area contributed by atoms with E-state index >= 15 is 0 Å². The highest BCUT2D eigenvalue weighted by atomic mass is 79.9. The highest BCUT2D eigenvalue weighted by Gasteiger charge is 2.12. The number of pyridine rings is 2. The van der Waals surface area contributed by atoms with Crippen LogP contribution in [0.2, 0.25) is 0 Å². The molecule has 0 spiro atoms. The van der Waals surface area contributed by atoms with Crippen molar-refractivity contribution in [1.82, 2.24) is 15.0 Å². The maximum absolute atomic E-state index is 13.6. The lowest BCUT2D eigenvalue weighted by atomic mass is 10.1. The molecular weight excluding hydrogens is 337 g/mol. The van der Waals surface area contributed by atoms with E-state index in [2.05, 4.69) is 30.9 Å². The molecule has 0 bridgehead atoms. The second kappa shape index (κ2) is 4.14. The molecule has 0 fully saturated rings. The molecule has 4 rings (SSSR count). The monoisotopic (exact) mass is 345 g/mol. The summed E-state index contributed by atoms with van der Waals surface area (Å²) in [6.07, 6.45) is 1.69. The van der Waals surface area contributed by atoms with Gasteiger partial charge in [-0.1, -0.05) is 0 Å². The molecule has 6 heteroatoms. The van der Waals surface area contributed by atoms with Gasteiger partial charge >= 0.3 is 0 Å². The fraction of sp³-hybridized carbons (Fsp3) is 0.0667. The first-order valence-electron chi connectivity index (χ1n) is 6.34. The number of aromatic amines is 2. The van der Waals surface area contributed by atoms with Gasteiger partial charge in [-0.05, 0) is 52.0 Å². The Balaban J connectivity index is 2.26. The van der Waals surface area contributed by atoms with Crippen molar-refractivity contribution in [3.05, 3.63) is 50.7 Å². The molecule has 21 heavy (non-hydrogen) atoms. The maximum atomic E-state index is 13.6. The SMILES string of the molecule is Cc1c[nH]c(=O)c2cc3[nH]c4nc(F)c(Br)cc4c3cc12. The van der Waals surface area contributed by atoms with E-state index in [0.717, 1.165) is 27.2 Å². The van der Waals surface area contributed by atoms with E-state index in [4.69, 9.17) is 0 Å². The average Bonchev–Trinajstić information content (AvgIpc) is 2.79. The van der Waals surface area contributed by atoms with Gasteiger partial charge in [-0.3, -0.25) is 4.79 Å². The topological polar surface area (TPSA) is 61.5 Å². The van der Waals surface area contributed by atoms with Gasteiger partial charge in [0.2, 0.25) is 5.95 Å². The van der Waals surface area contributed by atoms with Crippen molar-refractivity contribution in [3.63, 3.8) is 0 Å². The summed E-state index contributed by atoms with van der Waals surface area (Å²) in [4.78, 5) is 21.6. The molecule has 4 aromatic rings. The lowest BCUT2D eigenvalue weighted by molar-refractivity contribution is 0.581. The Kier molecular flexibility index (Phi) is 2.47. The molecule has 4 nitrogen and oxygen atoms in total. The molecule has 104 valence electrons. The van der Waals surface area contributed by atoms with Crippen molar-refractivity contribution >= 4 is 48.6 Å². The van der Waals surface area contributed by atoms with Crippen molar-refractivity contribution in [2.75, 3.05) is 0 Å². The van der Waals surface area contributed by atoms with E-state index < -0.39 is 5.95 Å². The summed E-state index contributed by atoms with van der Waals surface area (Å²) in [5.74, 6) is -0.562. The van der Waals surface area contributed by atoms with Gasteiger partial charge < -0.3 is 9.97 Å². The smallest absolute Gasteiger partial charge is 0.255 e. The van der Waals surface area contributed by atoms with Crippen molar-refractivity contribution in [2.45, 2.75) is 6.92 Å². The van der Waals surface area contributed by atoms with Crippen LogP contribution in [0.5, 0.6) is 0 Å². The summed E-state index contributed by atoms with van der Waals surface area (Å²) in [5.41, 5.74) is 2.07. The summed E-state index contributed by atoms with van der Waals surface area (Å²) < 4.78 is 13.9. The average molecular weight is 346 g/mol. The summed E-state index contributed by atoms with van der Waals surface area (Å²) in [6.45, 7) is 1.94. The summed E-state index contributed by atoms with van der Waals surface area (Å²) in [7, 11) is 0. The number of benzene rings is 1. The van der Waals surface area contributed by atoms with Crippen molar-refractivity contribution in [2.24, 2.45) is 0 Å². The number of aromatic nitrogens is 3. The molecule has 0 radical (unpaired) electrons. The van der Waals surface area contributed by atoms with Crippen LogP contribution in [0.25, 0.3) is 32.7 Å². The van der Waals surface area contributed by atoms with Gasteiger partial charge in [-0.25, -0.2) is 4.98 Å². The summed E-state index contributed by atoms with van der Waals surface area (Å²) >= 11 is 3.16. The van der Waals surface area contributed by atoms with Crippen LogP contribution in [0.15, 0.2) is 33.7 Å². The van der Waals surface area contributed by atoms with E-state index in [9.17, 15) is 9.18 Å². The van der Waals surface area contributed by atoms with Crippen LogP contribution in [0.4, 0.5) is 4.39 Å². The minimum atomic E-state index is -0.562. The molecule has 0 aliphatic heterocycles. The molecule has 0 saturated carbocycles. The van der Waals surface area contributed by atoms with Gasteiger partial charge in [0.05, 0.1) is 4.47 Å². The van der Waals surface area contributed by atoms with E-state index in [1.165, 1.54) is 0 Å². The number of hydrogen-bond acceptors (Lipinski definition) is 2. The Morgan fingerprint density at radius 1 is 1.14 bits per heavy atom. The van der Waals surface area contributed by atoms with Crippen LogP contribution >= 0.6 is 15.9 Å². The number of hydrogen-bond donors (Lipinski definition) is 2. The molecular formula is C15H9BrFN3O. The van der Waals surface area contributed by atoms with Gasteiger partial charge in [0.1, 0.15) is 5.65 Å². The second-order valence-corrected chi connectivity index (χ2v) is 5.88. The van der Waals surface area contributed by atoms with E-state index in [1.54, 1.807) is 18.3 Å². The normalized spacial score (nSPS) is 11.8. The van der Waals surface area contributed by atoms with Crippen LogP contribution < -0.4 is 5.56 Å². The molecule has 0 aliphatic rings. The molecule has 0 atom stereocenters. The lowest BCUT2D eigenvalue weighted by Crippen LogP contribution is -2.05. The maximum Gasteiger partial charge on any atom is 0.255 e. The zero-order valence-electron chi connectivity index (χ0n) is 10.9. The highest BCUT2D eigenvalue weighted by Crippen LogP contribution is 2.30. The Bertz CT molecular complexity index is 1100. The highest BCUT2D eigenvalue weighted by molar-refractivity contribution is 9.10. The van der Waals surface area contributed by atoms with Gasteiger partial charge in [0.15, 0.2) is 0 Å². The summed E-state index contributed by atoms with van der Waals surface area (Å²) in [6, 6.07) is 5.43. The Hall–Kier alpha value is -2.21. The van der Waals surface area contributed by atoms with Crippen LogP contribution in [-0.4, -0.2) is 15.0 Å². The van der Waals surface area contributed by atoms with Crippen LogP contribution in [0.1, 0.15) is 5.56 Å². The van der Waals surface area contributed by atoms with Crippen molar-refractivity contribution < 1.29 is 4.39 Å². The van der Waals surface area contributed by atoms with Crippen molar-refractivity contribution in [3.8, 4) is 0 Å².